The lowest BCUT2D eigenvalue weighted by molar-refractivity contribution is -0.138. The second-order valence-corrected chi connectivity index (χ2v) is 6.15. The Hall–Kier alpha value is -2.41. The van der Waals surface area contributed by atoms with Gasteiger partial charge in [0.1, 0.15) is 5.82 Å². The molecule has 0 radical (unpaired) electrons. The largest absolute Gasteiger partial charge is 0.481 e. The maximum absolute atomic E-state index is 14.0. The Morgan fingerprint density at radius 3 is 2.50 bits per heavy atom. The van der Waals surface area contributed by atoms with Crippen molar-refractivity contribution in [2.24, 2.45) is 0 Å². The lowest BCUT2D eigenvalue weighted by atomic mass is 10.1. The van der Waals surface area contributed by atoms with Crippen LogP contribution in [0.1, 0.15) is 28.7 Å². The highest BCUT2D eigenvalue weighted by Crippen LogP contribution is 2.30. The molecule has 0 saturated carbocycles. The fraction of sp³-hybridized carbons (Fsp3) is 0.316. The third-order valence-corrected chi connectivity index (χ3v) is 3.90. The minimum absolute atomic E-state index is 0.0879. The van der Waals surface area contributed by atoms with E-state index in [9.17, 15) is 22.4 Å². The van der Waals surface area contributed by atoms with Gasteiger partial charge >= 0.3 is 12.1 Å². The van der Waals surface area contributed by atoms with Crippen molar-refractivity contribution in [3.8, 4) is 0 Å². The highest BCUT2D eigenvalue weighted by molar-refractivity contribution is 5.66. The van der Waals surface area contributed by atoms with Crippen LogP contribution in [0.3, 0.4) is 0 Å². The Morgan fingerprint density at radius 1 is 1.12 bits per heavy atom. The van der Waals surface area contributed by atoms with Crippen molar-refractivity contribution in [1.82, 2.24) is 4.90 Å². The van der Waals surface area contributed by atoms with Crippen LogP contribution in [0.4, 0.5) is 17.6 Å². The maximum Gasteiger partial charge on any atom is 0.416 e. The van der Waals surface area contributed by atoms with Crippen LogP contribution < -0.4 is 0 Å². The summed E-state index contributed by atoms with van der Waals surface area (Å²) in [5, 5.41) is 8.89. The van der Waals surface area contributed by atoms with Gasteiger partial charge in [-0.1, -0.05) is 35.9 Å². The minimum Gasteiger partial charge on any atom is -0.481 e. The number of carboxylic acids is 1. The number of hydrogen-bond donors (Lipinski definition) is 1. The molecule has 2 aromatic rings. The standard InChI is InChI=1S/C19H19F4NO2/c1-13-5-6-17(20)15(9-13)12-24(8-7-18(25)26)11-14-3-2-4-16(10-14)19(21,22)23/h2-6,9-10H,7-8,11-12H2,1H3,(H,25,26). The third-order valence-electron chi connectivity index (χ3n) is 3.90. The molecule has 0 spiro atoms. The smallest absolute Gasteiger partial charge is 0.416 e. The Morgan fingerprint density at radius 2 is 1.85 bits per heavy atom. The van der Waals surface area contributed by atoms with E-state index in [1.54, 1.807) is 24.0 Å². The van der Waals surface area contributed by atoms with E-state index in [0.717, 1.165) is 17.7 Å². The fourth-order valence-electron chi connectivity index (χ4n) is 2.64. The van der Waals surface area contributed by atoms with Crippen LogP contribution in [0.2, 0.25) is 0 Å². The van der Waals surface area contributed by atoms with E-state index >= 15 is 0 Å². The summed E-state index contributed by atoms with van der Waals surface area (Å²) in [7, 11) is 0. The zero-order chi connectivity index (χ0) is 19.3. The molecular formula is C19H19F4NO2. The number of aliphatic carboxylic acids is 1. The maximum atomic E-state index is 14.0. The molecule has 0 bridgehead atoms. The van der Waals surface area contributed by atoms with Crippen LogP contribution in [0.5, 0.6) is 0 Å². The predicted molar refractivity (Wildman–Crippen MR) is 88.9 cm³/mol. The zero-order valence-electron chi connectivity index (χ0n) is 14.2. The average molecular weight is 369 g/mol. The van der Waals surface area contributed by atoms with Gasteiger partial charge < -0.3 is 5.11 Å². The van der Waals surface area contributed by atoms with Gasteiger partial charge in [-0.2, -0.15) is 13.2 Å². The van der Waals surface area contributed by atoms with Crippen molar-refractivity contribution in [3.05, 3.63) is 70.5 Å². The van der Waals surface area contributed by atoms with Gasteiger partial charge in [-0.05, 0) is 24.6 Å². The summed E-state index contributed by atoms with van der Waals surface area (Å²) >= 11 is 0. The van der Waals surface area contributed by atoms with Crippen molar-refractivity contribution >= 4 is 5.97 Å². The number of hydrogen-bond acceptors (Lipinski definition) is 2. The Bertz CT molecular complexity index is 774. The number of halogens is 4. The number of nitrogens with zero attached hydrogens (tertiary/aromatic N) is 1. The van der Waals surface area contributed by atoms with E-state index in [1.165, 1.54) is 18.2 Å². The summed E-state index contributed by atoms with van der Waals surface area (Å²) in [6, 6.07) is 9.44. The zero-order valence-corrected chi connectivity index (χ0v) is 14.2. The van der Waals surface area contributed by atoms with Gasteiger partial charge in [0.15, 0.2) is 0 Å². The number of carbonyl (C=O) groups is 1. The number of aryl methyl sites for hydroxylation is 1. The first-order valence-corrected chi connectivity index (χ1v) is 8.00. The SMILES string of the molecule is Cc1ccc(F)c(CN(CCC(=O)O)Cc2cccc(C(F)(F)F)c2)c1. The normalized spacial score (nSPS) is 11.8. The van der Waals surface area contributed by atoms with Gasteiger partial charge in [0.2, 0.25) is 0 Å². The van der Waals surface area contributed by atoms with E-state index in [-0.39, 0.29) is 26.1 Å². The van der Waals surface area contributed by atoms with Crippen molar-refractivity contribution in [2.75, 3.05) is 6.54 Å². The summed E-state index contributed by atoms with van der Waals surface area (Å²) in [5.41, 5.74) is 0.842. The molecule has 1 N–H and O–H groups in total. The Labute approximate surface area is 148 Å². The van der Waals surface area contributed by atoms with E-state index in [2.05, 4.69) is 0 Å². The van der Waals surface area contributed by atoms with Crippen molar-refractivity contribution in [1.29, 1.82) is 0 Å². The summed E-state index contributed by atoms with van der Waals surface area (Å²) in [6.07, 6.45) is -4.64. The second kappa shape index (κ2) is 8.31. The van der Waals surface area contributed by atoms with Crippen molar-refractivity contribution < 1.29 is 27.5 Å². The van der Waals surface area contributed by atoms with E-state index < -0.39 is 23.5 Å². The molecule has 2 aromatic carbocycles. The number of carboxylic acid groups (broad SMARTS) is 1. The van der Waals surface area contributed by atoms with Gasteiger partial charge in [0.25, 0.3) is 0 Å². The highest BCUT2D eigenvalue weighted by atomic mass is 19.4. The molecule has 140 valence electrons. The summed E-state index contributed by atoms with van der Waals surface area (Å²) < 4.78 is 52.6. The first-order valence-electron chi connectivity index (χ1n) is 8.00. The third kappa shape index (κ3) is 5.84. The first kappa shape index (κ1) is 19.9. The average Bonchev–Trinajstić information content (AvgIpc) is 2.55. The Kier molecular flexibility index (Phi) is 6.37. The minimum atomic E-state index is -4.45. The van der Waals surface area contributed by atoms with Crippen LogP contribution >= 0.6 is 0 Å². The van der Waals surface area contributed by atoms with Crippen molar-refractivity contribution in [3.63, 3.8) is 0 Å². The van der Waals surface area contributed by atoms with E-state index in [1.807, 2.05) is 0 Å². The first-order chi connectivity index (χ1) is 12.1. The number of rotatable bonds is 7. The summed E-state index contributed by atoms with van der Waals surface area (Å²) in [6.45, 7) is 2.10. The van der Waals surface area contributed by atoms with Crippen LogP contribution in [-0.2, 0) is 24.1 Å². The molecule has 7 heteroatoms. The van der Waals surface area contributed by atoms with E-state index in [4.69, 9.17) is 5.11 Å². The molecule has 0 aromatic heterocycles. The summed E-state index contributed by atoms with van der Waals surface area (Å²) in [4.78, 5) is 12.5. The molecule has 0 amide bonds. The van der Waals surface area contributed by atoms with Crippen molar-refractivity contribution in [2.45, 2.75) is 32.6 Å². The topological polar surface area (TPSA) is 40.5 Å². The fourth-order valence-corrected chi connectivity index (χ4v) is 2.64. The summed E-state index contributed by atoms with van der Waals surface area (Å²) in [5.74, 6) is -1.45. The molecule has 2 rings (SSSR count). The lowest BCUT2D eigenvalue weighted by Crippen LogP contribution is -2.26. The molecule has 26 heavy (non-hydrogen) atoms. The quantitative estimate of drug-likeness (QED) is 0.724. The van der Waals surface area contributed by atoms with Crippen LogP contribution in [0.25, 0.3) is 0 Å². The molecule has 0 atom stereocenters. The van der Waals surface area contributed by atoms with Gasteiger partial charge in [0, 0.05) is 25.2 Å². The molecule has 0 saturated heterocycles. The molecule has 0 aliphatic rings. The van der Waals surface area contributed by atoms with Gasteiger partial charge in [-0.15, -0.1) is 0 Å². The van der Waals surface area contributed by atoms with Crippen LogP contribution in [0.15, 0.2) is 42.5 Å². The van der Waals surface area contributed by atoms with Gasteiger partial charge in [-0.25, -0.2) is 4.39 Å². The lowest BCUT2D eigenvalue weighted by Gasteiger charge is -2.23. The molecule has 0 aliphatic carbocycles. The van der Waals surface area contributed by atoms with Crippen LogP contribution in [0, 0.1) is 12.7 Å². The van der Waals surface area contributed by atoms with Gasteiger partial charge in [-0.3, -0.25) is 9.69 Å². The second-order valence-electron chi connectivity index (χ2n) is 6.15. The molecule has 0 aliphatic heterocycles. The monoisotopic (exact) mass is 369 g/mol. The molecular weight excluding hydrogens is 350 g/mol. The van der Waals surface area contributed by atoms with Gasteiger partial charge in [0.05, 0.1) is 12.0 Å². The number of alkyl halides is 3. The Balaban J connectivity index is 2.22. The highest BCUT2D eigenvalue weighted by Gasteiger charge is 2.30. The molecule has 3 nitrogen and oxygen atoms in total. The molecule has 0 fully saturated rings. The van der Waals surface area contributed by atoms with E-state index in [0.29, 0.717) is 11.1 Å². The van der Waals surface area contributed by atoms with Crippen LogP contribution in [-0.4, -0.2) is 22.5 Å². The molecule has 0 unspecified atom stereocenters. The number of benzene rings is 2. The molecule has 0 heterocycles. The predicted octanol–water partition coefficient (Wildman–Crippen LogP) is 4.63.